The maximum atomic E-state index is 11.0. The molecule has 2 rings (SSSR count). The first-order chi connectivity index (χ1) is 5.69. The Kier molecular flexibility index (Phi) is 1.40. The second kappa shape index (κ2) is 2.21. The van der Waals surface area contributed by atoms with Crippen LogP contribution in [0.5, 0.6) is 0 Å². The van der Waals surface area contributed by atoms with Gasteiger partial charge in [0.2, 0.25) is 0 Å². The van der Waals surface area contributed by atoms with Crippen molar-refractivity contribution in [2.24, 2.45) is 22.3 Å². The molecule has 2 fully saturated rings. The third-order valence-electron chi connectivity index (χ3n) is 3.22. The van der Waals surface area contributed by atoms with Gasteiger partial charge in [-0.15, -0.1) is 0 Å². The van der Waals surface area contributed by atoms with E-state index in [1.165, 1.54) is 0 Å². The lowest BCUT2D eigenvalue weighted by Gasteiger charge is -2.21. The monoisotopic (exact) mass is 168 g/mol. The smallest absolute Gasteiger partial charge is 0.315 e. The molecule has 2 saturated carbocycles. The summed E-state index contributed by atoms with van der Waals surface area (Å²) in [5.41, 5.74) is 0.0191. The molecule has 2 bridgehead atoms. The minimum absolute atomic E-state index is 0.517. The average molecular weight is 168 g/mol. The van der Waals surface area contributed by atoms with E-state index in [2.05, 4.69) is 5.10 Å². The molecule has 4 heteroatoms. The lowest BCUT2D eigenvalue weighted by atomic mass is 9.82. The van der Waals surface area contributed by atoms with E-state index >= 15 is 0 Å². The van der Waals surface area contributed by atoms with Crippen LogP contribution >= 0.6 is 0 Å². The summed E-state index contributed by atoms with van der Waals surface area (Å²) in [7, 11) is 0. The van der Waals surface area contributed by atoms with E-state index in [1.54, 1.807) is 0 Å². The normalized spacial score (nSPS) is 42.3. The molecular formula is C8H12N2O2. The van der Waals surface area contributed by atoms with E-state index in [-0.39, 0.29) is 0 Å². The van der Waals surface area contributed by atoms with Crippen LogP contribution in [-0.4, -0.2) is 16.8 Å². The summed E-state index contributed by atoms with van der Waals surface area (Å²) in [6.45, 7) is 0. The van der Waals surface area contributed by atoms with Gasteiger partial charge in [-0.2, -0.15) is 5.10 Å². The molecule has 0 spiro atoms. The molecule has 0 aromatic heterocycles. The van der Waals surface area contributed by atoms with Crippen molar-refractivity contribution < 1.29 is 9.90 Å². The molecular weight excluding hydrogens is 156 g/mol. The summed E-state index contributed by atoms with van der Waals surface area (Å²) in [6, 6.07) is 0. The van der Waals surface area contributed by atoms with Crippen molar-refractivity contribution in [1.82, 2.24) is 0 Å². The van der Waals surface area contributed by atoms with Crippen LogP contribution in [0.4, 0.5) is 0 Å². The highest BCUT2D eigenvalue weighted by atomic mass is 16.4. The van der Waals surface area contributed by atoms with E-state index in [0.717, 1.165) is 25.7 Å². The van der Waals surface area contributed by atoms with Gasteiger partial charge >= 0.3 is 5.97 Å². The first kappa shape index (κ1) is 7.58. The quantitative estimate of drug-likeness (QED) is 0.444. The van der Waals surface area contributed by atoms with Gasteiger partial charge in [-0.1, -0.05) is 0 Å². The van der Waals surface area contributed by atoms with Gasteiger partial charge in [-0.25, -0.2) is 0 Å². The Hall–Kier alpha value is -1.06. The third kappa shape index (κ3) is 0.722. The predicted octanol–water partition coefficient (Wildman–Crippen LogP) is 0.576. The molecule has 0 amide bonds. The summed E-state index contributed by atoms with van der Waals surface area (Å²) < 4.78 is 0. The predicted molar refractivity (Wildman–Crippen MR) is 43.6 cm³/mol. The summed E-state index contributed by atoms with van der Waals surface area (Å²) in [4.78, 5) is 11.0. The maximum Gasteiger partial charge on any atom is 0.315 e. The number of fused-ring (bicyclic) bond motifs is 2. The van der Waals surface area contributed by atoms with Crippen LogP contribution in [0, 0.1) is 11.3 Å². The van der Waals surface area contributed by atoms with Crippen LogP contribution in [0.15, 0.2) is 5.10 Å². The van der Waals surface area contributed by atoms with Gasteiger partial charge in [0.1, 0.15) is 5.41 Å². The molecule has 0 aliphatic heterocycles. The lowest BCUT2D eigenvalue weighted by molar-refractivity contribution is -0.144. The average Bonchev–Trinajstić information content (AvgIpc) is 2.60. The molecule has 2 atom stereocenters. The van der Waals surface area contributed by atoms with Crippen molar-refractivity contribution in [3.63, 3.8) is 0 Å². The lowest BCUT2D eigenvalue weighted by Crippen LogP contribution is -2.35. The fourth-order valence-electron chi connectivity index (χ4n) is 2.55. The molecule has 66 valence electrons. The molecule has 0 aromatic rings. The zero-order valence-electron chi connectivity index (χ0n) is 6.79. The van der Waals surface area contributed by atoms with Crippen LogP contribution in [0.25, 0.3) is 0 Å². The molecule has 0 heterocycles. The van der Waals surface area contributed by atoms with Crippen molar-refractivity contribution >= 4 is 11.7 Å². The number of hydrogen-bond acceptors (Lipinski definition) is 3. The van der Waals surface area contributed by atoms with Crippen LogP contribution in [0.1, 0.15) is 25.7 Å². The number of hydrazone groups is 1. The zero-order valence-corrected chi connectivity index (χ0v) is 6.79. The van der Waals surface area contributed by atoms with Gasteiger partial charge in [0, 0.05) is 0 Å². The molecule has 0 unspecified atom stereocenters. The standard InChI is InChI=1S/C8H12N2O2/c9-10-6-3-5-1-2-8(6,4-5)7(11)12/h5H,1-4,9H2,(H,11,12)/b10-6-/t5-,8+/m0/s1. The van der Waals surface area contributed by atoms with Crippen LogP contribution in [0.2, 0.25) is 0 Å². The Morgan fingerprint density at radius 1 is 1.75 bits per heavy atom. The summed E-state index contributed by atoms with van der Waals surface area (Å²) in [6.07, 6.45) is 3.29. The van der Waals surface area contributed by atoms with Crippen LogP contribution in [0.3, 0.4) is 0 Å². The first-order valence-corrected chi connectivity index (χ1v) is 4.19. The molecule has 4 nitrogen and oxygen atoms in total. The summed E-state index contributed by atoms with van der Waals surface area (Å²) in [5.74, 6) is 4.94. The number of carboxylic acid groups (broad SMARTS) is 1. The van der Waals surface area contributed by atoms with Crippen molar-refractivity contribution in [1.29, 1.82) is 0 Å². The topological polar surface area (TPSA) is 75.7 Å². The second-order valence-corrected chi connectivity index (χ2v) is 3.78. The van der Waals surface area contributed by atoms with Crippen molar-refractivity contribution in [3.05, 3.63) is 0 Å². The van der Waals surface area contributed by atoms with E-state index in [9.17, 15) is 4.79 Å². The summed E-state index contributed by atoms with van der Waals surface area (Å²) >= 11 is 0. The number of hydrogen-bond donors (Lipinski definition) is 2. The molecule has 0 radical (unpaired) electrons. The Balaban J connectivity index is 2.39. The Morgan fingerprint density at radius 2 is 2.50 bits per heavy atom. The minimum Gasteiger partial charge on any atom is -0.481 e. The van der Waals surface area contributed by atoms with E-state index < -0.39 is 11.4 Å². The highest BCUT2D eigenvalue weighted by molar-refractivity contribution is 6.08. The SMILES string of the molecule is N/N=C1/C[C@@H]2CC[C@@]1(C(=O)O)C2. The van der Waals surface area contributed by atoms with E-state index in [0.29, 0.717) is 11.6 Å². The highest BCUT2D eigenvalue weighted by Gasteiger charge is 2.55. The number of rotatable bonds is 1. The number of aliphatic carboxylic acids is 1. The molecule has 2 aliphatic carbocycles. The molecule has 0 saturated heterocycles. The van der Waals surface area contributed by atoms with Crippen molar-refractivity contribution in [2.75, 3.05) is 0 Å². The number of nitrogens with two attached hydrogens (primary N) is 1. The Bertz CT molecular complexity index is 262. The second-order valence-electron chi connectivity index (χ2n) is 3.78. The third-order valence-corrected chi connectivity index (χ3v) is 3.22. The van der Waals surface area contributed by atoms with E-state index in [4.69, 9.17) is 10.9 Å². The van der Waals surface area contributed by atoms with Gasteiger partial charge in [-0.05, 0) is 31.6 Å². The summed E-state index contributed by atoms with van der Waals surface area (Å²) in [5, 5.41) is 12.7. The maximum absolute atomic E-state index is 11.0. The van der Waals surface area contributed by atoms with Crippen molar-refractivity contribution in [3.8, 4) is 0 Å². The number of carboxylic acids is 1. The van der Waals surface area contributed by atoms with Crippen LogP contribution in [-0.2, 0) is 4.79 Å². The van der Waals surface area contributed by atoms with Gasteiger partial charge in [-0.3, -0.25) is 4.79 Å². The van der Waals surface area contributed by atoms with Gasteiger partial charge < -0.3 is 10.9 Å². The van der Waals surface area contributed by atoms with E-state index in [1.807, 2.05) is 0 Å². The van der Waals surface area contributed by atoms with Crippen LogP contribution < -0.4 is 5.84 Å². The minimum atomic E-state index is -0.744. The Morgan fingerprint density at radius 3 is 2.92 bits per heavy atom. The van der Waals surface area contributed by atoms with Gasteiger partial charge in [0.25, 0.3) is 0 Å². The molecule has 2 aliphatic rings. The molecule has 0 aromatic carbocycles. The van der Waals surface area contributed by atoms with Gasteiger partial charge in [0.05, 0.1) is 5.71 Å². The number of carbonyl (C=O) groups is 1. The molecule has 3 N–H and O–H groups in total. The number of nitrogens with zero attached hydrogens (tertiary/aromatic N) is 1. The Labute approximate surface area is 70.4 Å². The largest absolute Gasteiger partial charge is 0.481 e. The highest BCUT2D eigenvalue weighted by Crippen LogP contribution is 2.52. The fraction of sp³-hybridized carbons (Fsp3) is 0.750. The molecule has 12 heavy (non-hydrogen) atoms. The first-order valence-electron chi connectivity index (χ1n) is 4.19. The fourth-order valence-corrected chi connectivity index (χ4v) is 2.55. The van der Waals surface area contributed by atoms with Gasteiger partial charge in [0.15, 0.2) is 0 Å². The zero-order chi connectivity index (χ0) is 8.77. The van der Waals surface area contributed by atoms with Crippen molar-refractivity contribution in [2.45, 2.75) is 25.7 Å².